The Morgan fingerprint density at radius 2 is 1.97 bits per heavy atom. The van der Waals surface area contributed by atoms with Crippen molar-refractivity contribution in [3.8, 4) is 22.6 Å². The predicted octanol–water partition coefficient (Wildman–Crippen LogP) is 2.54. The van der Waals surface area contributed by atoms with Gasteiger partial charge in [-0.2, -0.15) is 5.10 Å². The first-order valence-corrected chi connectivity index (χ1v) is 13.3. The molecule has 1 saturated carbocycles. The van der Waals surface area contributed by atoms with E-state index in [1.807, 2.05) is 32.3 Å². The molecule has 35 heavy (non-hydrogen) atoms. The molecule has 1 fully saturated rings. The van der Waals surface area contributed by atoms with E-state index in [1.54, 1.807) is 32.4 Å². The molecule has 6 rings (SSSR count). The van der Waals surface area contributed by atoms with Crippen molar-refractivity contribution in [1.82, 2.24) is 29.0 Å². The second kappa shape index (κ2) is 7.38. The number of carbonyl (C=O) groups is 1. The van der Waals surface area contributed by atoms with Crippen LogP contribution in [0, 0.1) is 5.92 Å². The van der Waals surface area contributed by atoms with Gasteiger partial charge in [0.05, 0.1) is 28.0 Å². The van der Waals surface area contributed by atoms with Crippen LogP contribution in [0.5, 0.6) is 0 Å². The van der Waals surface area contributed by atoms with Crippen LogP contribution >= 0.6 is 0 Å². The summed E-state index contributed by atoms with van der Waals surface area (Å²) < 4.78 is 29.1. The number of aryl methyl sites for hydroxylation is 1. The monoisotopic (exact) mass is 491 g/mol. The maximum atomic E-state index is 13.3. The van der Waals surface area contributed by atoms with Crippen molar-refractivity contribution < 1.29 is 13.2 Å². The van der Waals surface area contributed by atoms with Gasteiger partial charge in [0.15, 0.2) is 21.3 Å². The van der Waals surface area contributed by atoms with Crippen LogP contribution in [0.3, 0.4) is 0 Å². The molecule has 4 heterocycles. The number of nitrogens with zero attached hydrogens (tertiary/aromatic N) is 6. The minimum atomic E-state index is -3.66. The molecular weight excluding hydrogens is 466 g/mol. The van der Waals surface area contributed by atoms with E-state index >= 15 is 0 Å². The Morgan fingerprint density at radius 1 is 1.20 bits per heavy atom. The lowest BCUT2D eigenvalue weighted by molar-refractivity contribution is 0.0694. The van der Waals surface area contributed by atoms with Crippen LogP contribution < -0.4 is 5.73 Å². The highest BCUT2D eigenvalue weighted by molar-refractivity contribution is 7.90. The van der Waals surface area contributed by atoms with E-state index in [2.05, 4.69) is 15.1 Å². The molecule has 10 nitrogen and oxygen atoms in total. The SMILES string of the molecule is CC(C1CC1)N1Cc2cc(-c3cnc4c(N)nc(-c5ccnn5C)cn34)cc(S(C)(=O)=O)c2C1=O. The molecule has 1 aromatic carbocycles. The molecule has 1 aliphatic heterocycles. The van der Waals surface area contributed by atoms with Gasteiger partial charge in [-0.1, -0.05) is 0 Å². The summed E-state index contributed by atoms with van der Waals surface area (Å²) in [6.45, 7) is 2.44. The number of benzene rings is 1. The molecule has 2 aliphatic rings. The van der Waals surface area contributed by atoms with E-state index < -0.39 is 9.84 Å². The number of nitrogen functional groups attached to an aromatic ring is 1. The van der Waals surface area contributed by atoms with Gasteiger partial charge in [-0.25, -0.2) is 18.4 Å². The van der Waals surface area contributed by atoms with Crippen LogP contribution in [0.15, 0.2) is 41.7 Å². The van der Waals surface area contributed by atoms with Crippen molar-refractivity contribution in [3.63, 3.8) is 0 Å². The third-order valence-corrected chi connectivity index (χ3v) is 8.21. The highest BCUT2D eigenvalue weighted by Gasteiger charge is 2.41. The molecule has 0 saturated heterocycles. The minimum absolute atomic E-state index is 0.0457. The quantitative estimate of drug-likeness (QED) is 0.454. The van der Waals surface area contributed by atoms with Gasteiger partial charge < -0.3 is 10.6 Å². The molecule has 1 aliphatic carbocycles. The third kappa shape index (κ3) is 3.41. The van der Waals surface area contributed by atoms with E-state index in [1.165, 1.54) is 0 Å². The molecule has 4 aromatic rings. The van der Waals surface area contributed by atoms with Crippen LogP contribution in [-0.4, -0.2) is 55.7 Å². The van der Waals surface area contributed by atoms with Gasteiger partial charge in [-0.3, -0.25) is 13.9 Å². The van der Waals surface area contributed by atoms with Crippen molar-refractivity contribution >= 4 is 27.2 Å². The number of hydrogen-bond donors (Lipinski definition) is 1. The van der Waals surface area contributed by atoms with Crippen molar-refractivity contribution in [1.29, 1.82) is 0 Å². The Bertz CT molecular complexity index is 1630. The molecule has 1 amide bonds. The molecule has 0 radical (unpaired) electrons. The standard InChI is InChI=1S/C24H25N7O3S/c1-13(14-4-5-14)30-11-16-8-15(9-20(35(3,33)34)21(16)24(30)32)19-10-26-23-22(25)28-17(12-31(19)23)18-6-7-27-29(18)2/h6-10,12-14H,4-5,11H2,1-3H3,(H2,25,28). The lowest BCUT2D eigenvalue weighted by atomic mass is 10.0. The zero-order valence-corrected chi connectivity index (χ0v) is 20.5. The van der Waals surface area contributed by atoms with Crippen LogP contribution in [0.2, 0.25) is 0 Å². The number of anilines is 1. The zero-order chi connectivity index (χ0) is 24.6. The number of aromatic nitrogens is 5. The number of amides is 1. The van der Waals surface area contributed by atoms with Crippen LogP contribution in [-0.2, 0) is 23.4 Å². The highest BCUT2D eigenvalue weighted by Crippen LogP contribution is 2.41. The molecule has 0 spiro atoms. The van der Waals surface area contributed by atoms with E-state index in [4.69, 9.17) is 5.73 Å². The Balaban J connectivity index is 1.53. The number of rotatable bonds is 5. The number of imidazole rings is 1. The van der Waals surface area contributed by atoms with Gasteiger partial charge in [-0.05, 0) is 49.4 Å². The van der Waals surface area contributed by atoms with Gasteiger partial charge in [0.1, 0.15) is 5.69 Å². The van der Waals surface area contributed by atoms with Gasteiger partial charge in [0, 0.05) is 43.8 Å². The summed E-state index contributed by atoms with van der Waals surface area (Å²) in [5, 5.41) is 4.20. The first-order valence-electron chi connectivity index (χ1n) is 11.4. The summed E-state index contributed by atoms with van der Waals surface area (Å²) in [5.41, 5.74) is 10.4. The first-order chi connectivity index (χ1) is 16.6. The summed E-state index contributed by atoms with van der Waals surface area (Å²) in [5.74, 6) is 0.518. The van der Waals surface area contributed by atoms with E-state index in [9.17, 15) is 13.2 Å². The summed E-state index contributed by atoms with van der Waals surface area (Å²) in [6.07, 6.45) is 8.48. The summed E-state index contributed by atoms with van der Waals surface area (Å²) in [4.78, 5) is 24.1. The fourth-order valence-electron chi connectivity index (χ4n) is 5.02. The fraction of sp³-hybridized carbons (Fsp3) is 0.333. The largest absolute Gasteiger partial charge is 0.381 e. The highest BCUT2D eigenvalue weighted by atomic mass is 32.2. The maximum Gasteiger partial charge on any atom is 0.256 e. The Kier molecular flexibility index (Phi) is 4.59. The predicted molar refractivity (Wildman–Crippen MR) is 130 cm³/mol. The smallest absolute Gasteiger partial charge is 0.256 e. The molecule has 1 atom stereocenters. The summed E-state index contributed by atoms with van der Waals surface area (Å²) in [7, 11) is -1.85. The Hall–Kier alpha value is -3.73. The third-order valence-electron chi connectivity index (χ3n) is 7.09. The molecule has 3 aromatic heterocycles. The van der Waals surface area contributed by atoms with Crippen LogP contribution in [0.1, 0.15) is 35.7 Å². The number of carbonyl (C=O) groups excluding carboxylic acids is 1. The topological polar surface area (TPSA) is 128 Å². The number of hydrogen-bond acceptors (Lipinski definition) is 7. The fourth-order valence-corrected chi connectivity index (χ4v) is 5.95. The first kappa shape index (κ1) is 21.8. The molecule has 2 N–H and O–H groups in total. The Labute approximate surface area is 202 Å². The van der Waals surface area contributed by atoms with E-state index in [-0.39, 0.29) is 28.2 Å². The molecule has 1 unspecified atom stereocenters. The molecule has 180 valence electrons. The van der Waals surface area contributed by atoms with Crippen molar-refractivity contribution in [2.75, 3.05) is 12.0 Å². The van der Waals surface area contributed by atoms with E-state index in [0.29, 0.717) is 40.6 Å². The summed E-state index contributed by atoms with van der Waals surface area (Å²) >= 11 is 0. The van der Waals surface area contributed by atoms with Gasteiger partial charge in [0.25, 0.3) is 5.91 Å². The van der Waals surface area contributed by atoms with Crippen molar-refractivity contribution in [2.45, 2.75) is 37.2 Å². The van der Waals surface area contributed by atoms with Gasteiger partial charge >= 0.3 is 0 Å². The maximum absolute atomic E-state index is 13.3. The van der Waals surface area contributed by atoms with Crippen LogP contribution in [0.25, 0.3) is 28.3 Å². The second-order valence-corrected chi connectivity index (χ2v) is 11.5. The Morgan fingerprint density at radius 3 is 2.63 bits per heavy atom. The second-order valence-electron chi connectivity index (χ2n) is 9.48. The average Bonchev–Trinajstić information content (AvgIpc) is 3.28. The number of nitrogens with two attached hydrogens (primary N) is 1. The summed E-state index contributed by atoms with van der Waals surface area (Å²) in [6, 6.07) is 5.38. The zero-order valence-electron chi connectivity index (χ0n) is 19.6. The lowest BCUT2D eigenvalue weighted by Gasteiger charge is -2.24. The normalized spacial score (nSPS) is 16.8. The van der Waals surface area contributed by atoms with Crippen LogP contribution in [0.4, 0.5) is 5.82 Å². The van der Waals surface area contributed by atoms with Crippen molar-refractivity contribution in [2.24, 2.45) is 13.0 Å². The van der Waals surface area contributed by atoms with Gasteiger partial charge in [-0.15, -0.1) is 0 Å². The number of sulfone groups is 1. The van der Waals surface area contributed by atoms with Gasteiger partial charge in [0.2, 0.25) is 0 Å². The molecular formula is C24H25N7O3S. The molecule has 11 heteroatoms. The number of fused-ring (bicyclic) bond motifs is 2. The van der Waals surface area contributed by atoms with E-state index in [0.717, 1.165) is 24.8 Å². The average molecular weight is 492 g/mol. The molecule has 0 bridgehead atoms. The lowest BCUT2D eigenvalue weighted by Crippen LogP contribution is -2.35. The minimum Gasteiger partial charge on any atom is -0.381 e. The van der Waals surface area contributed by atoms with Crippen molar-refractivity contribution in [3.05, 3.63) is 47.9 Å².